The Morgan fingerprint density at radius 2 is 2.19 bits per heavy atom. The number of ether oxygens (including phenoxy) is 1. The zero-order valence-corrected chi connectivity index (χ0v) is 13.1. The smallest absolute Gasteiger partial charge is 0.337 e. The lowest BCUT2D eigenvalue weighted by Crippen LogP contribution is -2.41. The van der Waals surface area contributed by atoms with Crippen molar-refractivity contribution in [3.63, 3.8) is 0 Å². The average molecular weight is 333 g/mol. The highest BCUT2D eigenvalue weighted by atomic mass is 35.5. The average Bonchev–Trinajstić information content (AvgIpc) is 3.28. The molecule has 0 saturated heterocycles. The van der Waals surface area contributed by atoms with Gasteiger partial charge in [0.25, 0.3) is 0 Å². The Morgan fingerprint density at radius 1 is 1.52 bits per heavy atom. The molecule has 0 radical (unpaired) electrons. The molecule has 21 heavy (non-hydrogen) atoms. The third kappa shape index (κ3) is 3.74. The van der Waals surface area contributed by atoms with E-state index in [1.54, 1.807) is 0 Å². The van der Waals surface area contributed by atoms with Crippen LogP contribution in [0.1, 0.15) is 23.2 Å². The van der Waals surface area contributed by atoms with E-state index in [0.717, 1.165) is 12.8 Å². The molecule has 3 N–H and O–H groups in total. The summed E-state index contributed by atoms with van der Waals surface area (Å²) in [6.07, 6.45) is 1.92. The van der Waals surface area contributed by atoms with Crippen LogP contribution in [-0.2, 0) is 14.8 Å². The number of methoxy groups -OCH3 is 1. The highest BCUT2D eigenvalue weighted by Gasteiger charge is 2.34. The number of nitrogens with two attached hydrogens (primary N) is 1. The summed E-state index contributed by atoms with van der Waals surface area (Å²) < 4.78 is 32.0. The largest absolute Gasteiger partial charge is 0.465 e. The monoisotopic (exact) mass is 332 g/mol. The Hall–Kier alpha value is -1.15. The summed E-state index contributed by atoms with van der Waals surface area (Å²) in [6, 6.07) is 3.66. The number of hydrogen-bond acceptors (Lipinski definition) is 5. The maximum atomic E-state index is 12.4. The van der Waals surface area contributed by atoms with E-state index in [1.807, 2.05) is 0 Å². The van der Waals surface area contributed by atoms with Gasteiger partial charge in [-0.2, -0.15) is 0 Å². The van der Waals surface area contributed by atoms with Crippen LogP contribution in [0.15, 0.2) is 23.1 Å². The second-order valence-electron chi connectivity index (χ2n) is 4.94. The van der Waals surface area contributed by atoms with Gasteiger partial charge in [0.05, 0.1) is 17.7 Å². The first kappa shape index (κ1) is 16.2. The molecule has 116 valence electrons. The predicted molar refractivity (Wildman–Crippen MR) is 78.7 cm³/mol. The third-order valence-corrected chi connectivity index (χ3v) is 5.36. The standard InChI is InChI=1S/C13H17ClN2O4S/c1-20-13(17)9-4-5-10(14)12(6-9)21(18,19)16-11(7-15)8-2-3-8/h4-6,8,11,16H,2-3,7,15H2,1H3. The fourth-order valence-corrected chi connectivity index (χ4v) is 3.90. The molecule has 0 spiro atoms. The molecule has 1 saturated carbocycles. The molecular formula is C13H17ClN2O4S. The number of hydrogen-bond donors (Lipinski definition) is 2. The van der Waals surface area contributed by atoms with Crippen molar-refractivity contribution in [2.24, 2.45) is 11.7 Å². The van der Waals surface area contributed by atoms with Crippen molar-refractivity contribution in [2.75, 3.05) is 13.7 Å². The minimum atomic E-state index is -3.84. The fraction of sp³-hybridized carbons (Fsp3) is 0.462. The van der Waals surface area contributed by atoms with Gasteiger partial charge < -0.3 is 10.5 Å². The summed E-state index contributed by atoms with van der Waals surface area (Å²) in [4.78, 5) is 11.4. The SMILES string of the molecule is COC(=O)c1ccc(Cl)c(S(=O)(=O)NC(CN)C2CC2)c1. The quantitative estimate of drug-likeness (QED) is 0.761. The summed E-state index contributed by atoms with van der Waals surface area (Å²) in [7, 11) is -2.62. The lowest BCUT2D eigenvalue weighted by molar-refractivity contribution is 0.0600. The zero-order chi connectivity index (χ0) is 15.6. The maximum Gasteiger partial charge on any atom is 0.337 e. The summed E-state index contributed by atoms with van der Waals surface area (Å²) in [5.74, 6) is -0.354. The first-order chi connectivity index (χ1) is 9.89. The van der Waals surface area contributed by atoms with Crippen molar-refractivity contribution in [3.05, 3.63) is 28.8 Å². The van der Waals surface area contributed by atoms with Crippen molar-refractivity contribution in [1.82, 2.24) is 4.72 Å². The van der Waals surface area contributed by atoms with E-state index < -0.39 is 16.0 Å². The van der Waals surface area contributed by atoms with Gasteiger partial charge >= 0.3 is 5.97 Å². The van der Waals surface area contributed by atoms with Crippen LogP contribution in [0.4, 0.5) is 0 Å². The van der Waals surface area contributed by atoms with Crippen LogP contribution in [0.3, 0.4) is 0 Å². The summed E-state index contributed by atoms with van der Waals surface area (Å²) in [5, 5.41) is 0.0433. The fourth-order valence-electron chi connectivity index (χ4n) is 2.05. The molecule has 1 fully saturated rings. The van der Waals surface area contributed by atoms with Gasteiger partial charge in [-0.05, 0) is 37.0 Å². The van der Waals surface area contributed by atoms with Gasteiger partial charge in [-0.3, -0.25) is 0 Å². The number of halogens is 1. The molecule has 0 heterocycles. The first-order valence-electron chi connectivity index (χ1n) is 6.49. The van der Waals surface area contributed by atoms with Gasteiger partial charge in [0.15, 0.2) is 0 Å². The van der Waals surface area contributed by atoms with E-state index in [4.69, 9.17) is 17.3 Å². The first-order valence-corrected chi connectivity index (χ1v) is 8.35. The minimum Gasteiger partial charge on any atom is -0.465 e. The second-order valence-corrected chi connectivity index (χ2v) is 7.03. The van der Waals surface area contributed by atoms with Crippen LogP contribution < -0.4 is 10.5 Å². The summed E-state index contributed by atoms with van der Waals surface area (Å²) in [5.41, 5.74) is 5.73. The molecule has 6 nitrogen and oxygen atoms in total. The molecule has 1 aromatic carbocycles. The van der Waals surface area contributed by atoms with Crippen molar-refractivity contribution in [3.8, 4) is 0 Å². The van der Waals surface area contributed by atoms with Crippen molar-refractivity contribution >= 4 is 27.6 Å². The Kier molecular flexibility index (Phi) is 4.88. The topological polar surface area (TPSA) is 98.5 Å². The van der Waals surface area contributed by atoms with Gasteiger partial charge in [0.2, 0.25) is 10.0 Å². The van der Waals surface area contributed by atoms with Gasteiger partial charge in [-0.15, -0.1) is 0 Å². The van der Waals surface area contributed by atoms with E-state index in [9.17, 15) is 13.2 Å². The molecule has 1 aliphatic carbocycles. The predicted octanol–water partition coefficient (Wildman–Crippen LogP) is 1.14. The van der Waals surface area contributed by atoms with Crippen LogP contribution in [0.2, 0.25) is 5.02 Å². The van der Waals surface area contributed by atoms with E-state index in [2.05, 4.69) is 9.46 Å². The second kappa shape index (κ2) is 6.31. The van der Waals surface area contributed by atoms with Crippen molar-refractivity contribution < 1.29 is 17.9 Å². The normalized spacial score (nSPS) is 16.5. The van der Waals surface area contributed by atoms with E-state index in [-0.39, 0.29) is 34.0 Å². The molecule has 1 aliphatic rings. The van der Waals surface area contributed by atoms with E-state index in [1.165, 1.54) is 25.3 Å². The lowest BCUT2D eigenvalue weighted by atomic mass is 10.2. The van der Waals surface area contributed by atoms with Crippen molar-refractivity contribution in [2.45, 2.75) is 23.8 Å². The molecule has 0 aliphatic heterocycles. The van der Waals surface area contributed by atoms with E-state index >= 15 is 0 Å². The van der Waals surface area contributed by atoms with Crippen LogP contribution in [-0.4, -0.2) is 34.1 Å². The number of carbonyl (C=O) groups is 1. The molecule has 1 unspecified atom stereocenters. The van der Waals surface area contributed by atoms with E-state index in [0.29, 0.717) is 0 Å². The molecule has 0 aromatic heterocycles. The highest BCUT2D eigenvalue weighted by molar-refractivity contribution is 7.89. The highest BCUT2D eigenvalue weighted by Crippen LogP contribution is 2.33. The summed E-state index contributed by atoms with van der Waals surface area (Å²) >= 11 is 5.95. The molecule has 2 rings (SSSR count). The number of esters is 1. The number of sulfonamides is 1. The Balaban J connectivity index is 2.32. The lowest BCUT2D eigenvalue weighted by Gasteiger charge is -2.17. The molecular weight excluding hydrogens is 316 g/mol. The molecule has 0 bridgehead atoms. The Morgan fingerprint density at radius 3 is 2.71 bits per heavy atom. The number of nitrogens with one attached hydrogen (secondary N) is 1. The number of benzene rings is 1. The van der Waals surface area contributed by atoms with Crippen LogP contribution in [0.5, 0.6) is 0 Å². The molecule has 0 amide bonds. The zero-order valence-electron chi connectivity index (χ0n) is 11.5. The van der Waals surface area contributed by atoms with Gasteiger partial charge in [-0.25, -0.2) is 17.9 Å². The van der Waals surface area contributed by atoms with Crippen LogP contribution in [0.25, 0.3) is 0 Å². The van der Waals surface area contributed by atoms with Gasteiger partial charge in [0, 0.05) is 12.6 Å². The molecule has 8 heteroatoms. The Labute approximate surface area is 128 Å². The Bertz CT molecular complexity index is 644. The van der Waals surface area contributed by atoms with Crippen LogP contribution in [0, 0.1) is 5.92 Å². The molecule has 1 atom stereocenters. The van der Waals surface area contributed by atoms with Gasteiger partial charge in [-0.1, -0.05) is 11.6 Å². The third-order valence-electron chi connectivity index (χ3n) is 3.39. The number of rotatable bonds is 6. The summed E-state index contributed by atoms with van der Waals surface area (Å²) in [6.45, 7) is 0.220. The van der Waals surface area contributed by atoms with Crippen LogP contribution >= 0.6 is 11.6 Å². The molecule has 1 aromatic rings. The van der Waals surface area contributed by atoms with Gasteiger partial charge in [0.1, 0.15) is 4.90 Å². The minimum absolute atomic E-state index is 0.0433. The number of carbonyl (C=O) groups excluding carboxylic acids is 1. The maximum absolute atomic E-state index is 12.4. The van der Waals surface area contributed by atoms with Crippen molar-refractivity contribution in [1.29, 1.82) is 0 Å².